The number of rotatable bonds is 7. The number of nitrogens with zero attached hydrogens (tertiary/aromatic N) is 2. The minimum Gasteiger partial charge on any atom is -0.476 e. The Kier molecular flexibility index (Phi) is 5.52. The zero-order chi connectivity index (χ0) is 12.7. The molecule has 1 heterocycles. The number of anilines is 1. The van der Waals surface area contributed by atoms with E-state index >= 15 is 0 Å². The number of nitrogens with two attached hydrogens (primary N) is 1. The normalized spacial score (nSPS) is 12.2. The molecular formula is C12H21N3O2. The highest BCUT2D eigenvalue weighted by Gasteiger charge is 2.12. The lowest BCUT2D eigenvalue weighted by Crippen LogP contribution is -2.14. The maximum atomic E-state index is 5.89. The minimum atomic E-state index is 0.0937. The van der Waals surface area contributed by atoms with Crippen molar-refractivity contribution < 1.29 is 9.47 Å². The van der Waals surface area contributed by atoms with Gasteiger partial charge < -0.3 is 15.2 Å². The molecule has 2 N–H and O–H groups in total. The first-order valence-electron chi connectivity index (χ1n) is 6.08. The quantitative estimate of drug-likeness (QED) is 0.791. The lowest BCUT2D eigenvalue weighted by atomic mass is 10.2. The van der Waals surface area contributed by atoms with Gasteiger partial charge in [-0.2, -0.15) is 9.97 Å². The molecule has 0 saturated carbocycles. The van der Waals surface area contributed by atoms with Crippen LogP contribution in [0.2, 0.25) is 0 Å². The molecule has 0 amide bonds. The second-order valence-corrected chi connectivity index (χ2v) is 3.96. The highest BCUT2D eigenvalue weighted by atomic mass is 16.5. The van der Waals surface area contributed by atoms with Crippen molar-refractivity contribution in [3.63, 3.8) is 0 Å². The Hall–Kier alpha value is -1.52. The van der Waals surface area contributed by atoms with Crippen molar-refractivity contribution in [3.8, 4) is 11.8 Å². The van der Waals surface area contributed by atoms with E-state index < -0.39 is 0 Å². The predicted octanol–water partition coefficient (Wildman–Crippen LogP) is 2.42. The number of aromatic nitrogens is 2. The molecule has 5 nitrogen and oxygen atoms in total. The zero-order valence-corrected chi connectivity index (χ0v) is 10.8. The summed E-state index contributed by atoms with van der Waals surface area (Å²) in [4.78, 5) is 8.02. The van der Waals surface area contributed by atoms with Gasteiger partial charge in [-0.15, -0.1) is 0 Å². The highest BCUT2D eigenvalue weighted by molar-refractivity contribution is 5.55. The molecule has 96 valence electrons. The van der Waals surface area contributed by atoms with Gasteiger partial charge in [0, 0.05) is 0 Å². The van der Waals surface area contributed by atoms with E-state index in [2.05, 4.69) is 16.9 Å². The van der Waals surface area contributed by atoms with Crippen molar-refractivity contribution in [1.29, 1.82) is 0 Å². The third kappa shape index (κ3) is 4.09. The topological polar surface area (TPSA) is 70.3 Å². The number of nitrogen functional groups attached to an aromatic ring is 1. The fraction of sp³-hybridized carbons (Fsp3) is 0.667. The first-order chi connectivity index (χ1) is 8.19. The Morgan fingerprint density at radius 1 is 1.24 bits per heavy atom. The second kappa shape index (κ2) is 6.93. The molecule has 0 spiro atoms. The molecule has 0 aliphatic rings. The van der Waals surface area contributed by atoms with E-state index in [0.29, 0.717) is 24.1 Å². The molecule has 0 aliphatic heterocycles. The molecule has 0 saturated heterocycles. The third-order valence-corrected chi connectivity index (χ3v) is 2.26. The van der Waals surface area contributed by atoms with Crippen molar-refractivity contribution in [1.82, 2.24) is 9.97 Å². The minimum absolute atomic E-state index is 0.0937. The van der Waals surface area contributed by atoms with Crippen LogP contribution < -0.4 is 15.2 Å². The third-order valence-electron chi connectivity index (χ3n) is 2.26. The summed E-state index contributed by atoms with van der Waals surface area (Å²) in [6, 6.07) is 0. The monoisotopic (exact) mass is 239 g/mol. The largest absolute Gasteiger partial charge is 0.476 e. The molecule has 0 radical (unpaired) electrons. The molecule has 0 bridgehead atoms. The Labute approximate surface area is 102 Å². The summed E-state index contributed by atoms with van der Waals surface area (Å²) in [5.74, 6) is 0.813. The average Bonchev–Trinajstić information content (AvgIpc) is 2.30. The molecule has 1 unspecified atom stereocenters. The summed E-state index contributed by atoms with van der Waals surface area (Å²) < 4.78 is 11.1. The van der Waals surface area contributed by atoms with Gasteiger partial charge in [0.15, 0.2) is 5.69 Å². The molecule has 0 fully saturated rings. The summed E-state index contributed by atoms with van der Waals surface area (Å²) in [6.45, 7) is 6.72. The Morgan fingerprint density at radius 3 is 2.59 bits per heavy atom. The summed E-state index contributed by atoms with van der Waals surface area (Å²) in [5, 5.41) is 0. The van der Waals surface area contributed by atoms with Gasteiger partial charge in [0.1, 0.15) is 6.33 Å². The Balaban J connectivity index is 2.72. The van der Waals surface area contributed by atoms with E-state index in [4.69, 9.17) is 15.2 Å². The van der Waals surface area contributed by atoms with Crippen molar-refractivity contribution in [2.24, 2.45) is 0 Å². The lowest BCUT2D eigenvalue weighted by molar-refractivity contribution is 0.200. The van der Waals surface area contributed by atoms with Crippen LogP contribution in [0.15, 0.2) is 6.33 Å². The van der Waals surface area contributed by atoms with Crippen LogP contribution in [0.25, 0.3) is 0 Å². The summed E-state index contributed by atoms with van der Waals surface area (Å²) in [6.07, 6.45) is 4.44. The fourth-order valence-electron chi connectivity index (χ4n) is 1.43. The van der Waals surface area contributed by atoms with Crippen LogP contribution in [0, 0.1) is 0 Å². The molecule has 1 aromatic heterocycles. The van der Waals surface area contributed by atoms with Gasteiger partial charge in [0.05, 0.1) is 12.7 Å². The SMILES string of the molecule is CCCOc1ncnc(OC(C)CCC)c1N. The number of ether oxygens (including phenoxy) is 2. The molecule has 5 heteroatoms. The molecule has 1 atom stereocenters. The fourth-order valence-corrected chi connectivity index (χ4v) is 1.43. The van der Waals surface area contributed by atoms with E-state index in [1.807, 2.05) is 13.8 Å². The van der Waals surface area contributed by atoms with Gasteiger partial charge in [-0.05, 0) is 19.8 Å². The van der Waals surface area contributed by atoms with Crippen LogP contribution in [0.4, 0.5) is 5.69 Å². The Morgan fingerprint density at radius 2 is 1.94 bits per heavy atom. The van der Waals surface area contributed by atoms with Gasteiger partial charge in [0.25, 0.3) is 0 Å². The van der Waals surface area contributed by atoms with Crippen LogP contribution in [0.5, 0.6) is 11.8 Å². The smallest absolute Gasteiger partial charge is 0.244 e. The van der Waals surface area contributed by atoms with Crippen molar-refractivity contribution in [2.45, 2.75) is 46.1 Å². The highest BCUT2D eigenvalue weighted by Crippen LogP contribution is 2.27. The number of hydrogen-bond acceptors (Lipinski definition) is 5. The molecule has 17 heavy (non-hydrogen) atoms. The van der Waals surface area contributed by atoms with Crippen LogP contribution in [0.3, 0.4) is 0 Å². The maximum absolute atomic E-state index is 5.89. The molecule has 0 aliphatic carbocycles. The van der Waals surface area contributed by atoms with E-state index in [0.717, 1.165) is 19.3 Å². The standard InChI is InChI=1S/C12H21N3O2/c1-4-6-9(3)17-12-10(13)11(14-8-15-12)16-7-5-2/h8-9H,4-7,13H2,1-3H3. The zero-order valence-electron chi connectivity index (χ0n) is 10.8. The van der Waals surface area contributed by atoms with Gasteiger partial charge in [0.2, 0.25) is 11.8 Å². The number of hydrogen-bond donors (Lipinski definition) is 1. The van der Waals surface area contributed by atoms with E-state index in [-0.39, 0.29) is 6.10 Å². The molecule has 1 rings (SSSR count). The summed E-state index contributed by atoms with van der Waals surface area (Å²) in [5.41, 5.74) is 6.27. The summed E-state index contributed by atoms with van der Waals surface area (Å²) >= 11 is 0. The van der Waals surface area contributed by atoms with E-state index in [1.165, 1.54) is 6.33 Å². The predicted molar refractivity (Wildman–Crippen MR) is 67.2 cm³/mol. The average molecular weight is 239 g/mol. The first-order valence-corrected chi connectivity index (χ1v) is 6.08. The Bertz CT molecular complexity index is 345. The van der Waals surface area contributed by atoms with Gasteiger partial charge in [-0.25, -0.2) is 0 Å². The van der Waals surface area contributed by atoms with Gasteiger partial charge in [-0.1, -0.05) is 20.3 Å². The van der Waals surface area contributed by atoms with Gasteiger partial charge >= 0.3 is 0 Å². The van der Waals surface area contributed by atoms with Crippen LogP contribution in [-0.4, -0.2) is 22.7 Å². The van der Waals surface area contributed by atoms with E-state index in [1.54, 1.807) is 0 Å². The van der Waals surface area contributed by atoms with Crippen LogP contribution in [-0.2, 0) is 0 Å². The van der Waals surface area contributed by atoms with Crippen LogP contribution >= 0.6 is 0 Å². The van der Waals surface area contributed by atoms with Crippen molar-refractivity contribution in [2.75, 3.05) is 12.3 Å². The molecule has 0 aromatic carbocycles. The molecular weight excluding hydrogens is 218 g/mol. The lowest BCUT2D eigenvalue weighted by Gasteiger charge is -2.15. The maximum Gasteiger partial charge on any atom is 0.244 e. The van der Waals surface area contributed by atoms with E-state index in [9.17, 15) is 0 Å². The second-order valence-electron chi connectivity index (χ2n) is 3.96. The first kappa shape index (κ1) is 13.5. The van der Waals surface area contributed by atoms with Crippen molar-refractivity contribution >= 4 is 5.69 Å². The van der Waals surface area contributed by atoms with Crippen molar-refractivity contribution in [3.05, 3.63) is 6.33 Å². The van der Waals surface area contributed by atoms with Crippen LogP contribution in [0.1, 0.15) is 40.0 Å². The molecule has 1 aromatic rings. The van der Waals surface area contributed by atoms with Gasteiger partial charge in [-0.3, -0.25) is 0 Å². The summed E-state index contributed by atoms with van der Waals surface area (Å²) in [7, 11) is 0.